The van der Waals surface area contributed by atoms with E-state index in [9.17, 15) is 24.6 Å². The molecule has 2 saturated carbocycles. The molecule has 64 heavy (non-hydrogen) atoms. The van der Waals surface area contributed by atoms with Gasteiger partial charge in [-0.15, -0.1) is 0 Å². The van der Waals surface area contributed by atoms with Crippen LogP contribution in [0.15, 0.2) is 83.5 Å². The lowest BCUT2D eigenvalue weighted by atomic mass is 9.43. The van der Waals surface area contributed by atoms with Gasteiger partial charge < -0.3 is 38.9 Å². The number of allylic oxidation sites excluding steroid dienone is 1. The summed E-state index contributed by atoms with van der Waals surface area (Å²) in [6, 6.07) is 16.2. The molecule has 3 fully saturated rings. The second-order valence-electron chi connectivity index (χ2n) is 20.5. The Kier molecular flexibility index (Phi) is 13.3. The molecule has 0 radical (unpaired) electrons. The highest BCUT2D eigenvalue weighted by Gasteiger charge is 2.77. The van der Waals surface area contributed by atoms with Crippen molar-refractivity contribution in [2.45, 2.75) is 155 Å². The summed E-state index contributed by atoms with van der Waals surface area (Å²) in [5.41, 5.74) is -4.73. The first-order valence-corrected chi connectivity index (χ1v) is 25.2. The van der Waals surface area contributed by atoms with E-state index in [0.717, 1.165) is 0 Å². The largest absolute Gasteiger partial charge is 0.456 e. The topological polar surface area (TPSA) is 184 Å². The predicted molar refractivity (Wildman–Crippen MR) is 241 cm³/mol. The van der Waals surface area contributed by atoms with E-state index in [1.165, 1.54) is 6.92 Å². The quantitative estimate of drug-likeness (QED) is 0.0684. The fourth-order valence-corrected chi connectivity index (χ4v) is 11.8. The molecule has 1 unspecified atom stereocenters. The van der Waals surface area contributed by atoms with Crippen LogP contribution in [0.25, 0.3) is 0 Å². The summed E-state index contributed by atoms with van der Waals surface area (Å²) in [7, 11) is -2.82. The number of fused-ring (bicyclic) bond motifs is 5. The molecule has 0 aromatic heterocycles. The molecule has 11 atom stereocenters. The Morgan fingerprint density at radius 2 is 1.56 bits per heavy atom. The number of ether oxygens (including phenoxy) is 4. The van der Waals surface area contributed by atoms with Gasteiger partial charge in [0, 0.05) is 36.7 Å². The number of amides is 1. The summed E-state index contributed by atoms with van der Waals surface area (Å²) in [5, 5.41) is 28.6. The Labute approximate surface area is 378 Å². The van der Waals surface area contributed by atoms with Crippen molar-refractivity contribution < 1.29 is 57.6 Å². The van der Waals surface area contributed by atoms with Crippen molar-refractivity contribution in [3.05, 3.63) is 94.6 Å². The molecule has 3 aliphatic carbocycles. The van der Waals surface area contributed by atoms with Crippen LogP contribution in [0, 0.1) is 22.7 Å². The zero-order valence-corrected chi connectivity index (χ0v) is 40.6. The first-order chi connectivity index (χ1) is 29.7. The van der Waals surface area contributed by atoms with Crippen LogP contribution in [0.5, 0.6) is 0 Å². The standard InChI is InChI=1S/C50H67NO12Si/c1-14-28(2)43(55)51-38(32-21-17-15-18-22-32)39(63-64(12,13)46(6,7)8)45(57)60-34-26-50(58)42(61-44(56)33-23-19-16-20-24-33)40-48(11,41(54)30(4)37(29(34)3)47(50,9)10)35(53)25-36-49(40,27-59-36)62-31(5)52/h14-24,30,34-36,38-40,42,53,58H,25-27H2,1-13H3,(H,51,55)/b28-14+/t30-,34+,35+,36-,38+,39-,40?,42+,48-,49+,50-/m1/s1. The SMILES string of the molecule is C/C=C(\C)C(=O)N[C@@H](c1ccccc1)[C@@H](O[Si](C)(C)C(C)(C)C)C(=O)O[C@H]1C[C@@]2(O)[C@@H](OC(=O)c3ccccc3)C3[C@](C)(C(=O)[C@H](C)C(=C1C)C2(C)C)[C@@H](O)C[C@H]1OC[C@@]31OC(C)=O. The summed E-state index contributed by atoms with van der Waals surface area (Å²) in [5.74, 6) is -5.48. The third-order valence-electron chi connectivity index (χ3n) is 15.5. The molecule has 6 rings (SSSR count). The van der Waals surface area contributed by atoms with Gasteiger partial charge in [0.25, 0.3) is 0 Å². The maximum Gasteiger partial charge on any atom is 0.338 e. The number of hydrogen-bond donors (Lipinski definition) is 3. The molecule has 2 aromatic rings. The Morgan fingerprint density at radius 3 is 2.09 bits per heavy atom. The van der Waals surface area contributed by atoms with E-state index in [2.05, 4.69) is 5.32 Å². The summed E-state index contributed by atoms with van der Waals surface area (Å²) < 4.78 is 32.2. The van der Waals surface area contributed by atoms with Crippen molar-refractivity contribution in [2.75, 3.05) is 6.61 Å². The number of Topliss-reactive ketones (excluding diaryl/α,β-unsaturated/α-hetero) is 1. The molecular formula is C50H67NO12Si. The summed E-state index contributed by atoms with van der Waals surface area (Å²) >= 11 is 0. The average molecular weight is 902 g/mol. The minimum Gasteiger partial charge on any atom is -0.456 e. The maximum atomic E-state index is 15.5. The van der Waals surface area contributed by atoms with Gasteiger partial charge in [0.2, 0.25) is 5.91 Å². The van der Waals surface area contributed by atoms with Crippen LogP contribution in [0.3, 0.4) is 0 Å². The third kappa shape index (κ3) is 8.11. The number of carbonyl (C=O) groups excluding carboxylic acids is 5. The smallest absolute Gasteiger partial charge is 0.338 e. The van der Waals surface area contributed by atoms with Crippen LogP contribution in [0.4, 0.5) is 0 Å². The molecular weight excluding hydrogens is 835 g/mol. The Hall–Kier alpha value is -4.47. The van der Waals surface area contributed by atoms with Gasteiger partial charge in [-0.05, 0) is 74.7 Å². The summed E-state index contributed by atoms with van der Waals surface area (Å²) in [6.07, 6.45) is -5.23. The molecule has 1 saturated heterocycles. The number of hydrogen-bond acceptors (Lipinski definition) is 12. The maximum absolute atomic E-state index is 15.5. The molecule has 13 nitrogen and oxygen atoms in total. The lowest BCUT2D eigenvalue weighted by molar-refractivity contribution is -0.345. The zero-order valence-electron chi connectivity index (χ0n) is 39.6. The molecule has 348 valence electrons. The van der Waals surface area contributed by atoms with E-state index < -0.39 is 108 Å². The van der Waals surface area contributed by atoms with Gasteiger partial charge >= 0.3 is 17.9 Å². The van der Waals surface area contributed by atoms with E-state index in [-0.39, 0.29) is 30.1 Å². The normalized spacial score (nSPS) is 32.3. The number of esters is 3. The molecule has 2 bridgehead atoms. The first-order valence-electron chi connectivity index (χ1n) is 22.3. The molecule has 3 N–H and O–H groups in total. The number of nitrogens with one attached hydrogen (secondary N) is 1. The van der Waals surface area contributed by atoms with Crippen LogP contribution in [-0.4, -0.2) is 96.5 Å². The van der Waals surface area contributed by atoms with Crippen LogP contribution in [0.1, 0.15) is 111 Å². The number of benzene rings is 2. The van der Waals surface area contributed by atoms with Gasteiger partial charge in [-0.3, -0.25) is 14.4 Å². The van der Waals surface area contributed by atoms with E-state index in [1.807, 2.05) is 39.9 Å². The van der Waals surface area contributed by atoms with Crippen molar-refractivity contribution in [1.82, 2.24) is 5.32 Å². The number of ketones is 1. The van der Waals surface area contributed by atoms with Crippen LogP contribution < -0.4 is 5.32 Å². The molecule has 14 heteroatoms. The van der Waals surface area contributed by atoms with Crippen LogP contribution in [-0.2, 0) is 42.6 Å². The Morgan fingerprint density at radius 1 is 0.969 bits per heavy atom. The van der Waals surface area contributed by atoms with Crippen molar-refractivity contribution >= 4 is 37.9 Å². The van der Waals surface area contributed by atoms with Crippen molar-refractivity contribution in [2.24, 2.45) is 22.7 Å². The fraction of sp³-hybridized carbons (Fsp3) is 0.580. The lowest BCUT2D eigenvalue weighted by Crippen LogP contribution is -2.81. The van der Waals surface area contributed by atoms with Crippen molar-refractivity contribution in [3.8, 4) is 0 Å². The molecule has 0 spiro atoms. The second-order valence-corrected chi connectivity index (χ2v) is 25.3. The predicted octanol–water partition coefficient (Wildman–Crippen LogP) is 7.12. The Balaban J connectivity index is 1.56. The van der Waals surface area contributed by atoms with Gasteiger partial charge in [-0.25, -0.2) is 9.59 Å². The average Bonchev–Trinajstić information content (AvgIpc) is 3.22. The highest BCUT2D eigenvalue weighted by molar-refractivity contribution is 6.74. The first kappa shape index (κ1) is 49.0. The van der Waals surface area contributed by atoms with Crippen LogP contribution in [0.2, 0.25) is 18.1 Å². The monoisotopic (exact) mass is 901 g/mol. The number of aliphatic hydroxyl groups excluding tert-OH is 1. The second kappa shape index (κ2) is 17.4. The Bertz CT molecular complexity index is 2210. The van der Waals surface area contributed by atoms with Gasteiger partial charge in [0.05, 0.1) is 35.6 Å². The van der Waals surface area contributed by atoms with Crippen LogP contribution >= 0.6 is 0 Å². The van der Waals surface area contributed by atoms with E-state index >= 15 is 9.59 Å². The van der Waals surface area contributed by atoms with Gasteiger partial charge in [-0.1, -0.05) is 96.1 Å². The van der Waals surface area contributed by atoms with Gasteiger partial charge in [-0.2, -0.15) is 0 Å². The highest BCUT2D eigenvalue weighted by Crippen LogP contribution is 2.65. The van der Waals surface area contributed by atoms with Gasteiger partial charge in [0.1, 0.15) is 29.7 Å². The minimum absolute atomic E-state index is 0.0551. The fourth-order valence-electron chi connectivity index (χ4n) is 10.6. The lowest BCUT2D eigenvalue weighted by Gasteiger charge is -2.67. The molecule has 1 aliphatic heterocycles. The molecule has 1 heterocycles. The van der Waals surface area contributed by atoms with Crippen molar-refractivity contribution in [1.29, 1.82) is 0 Å². The number of carbonyl (C=O) groups is 5. The molecule has 2 aromatic carbocycles. The molecule has 4 aliphatic rings. The van der Waals surface area contributed by atoms with E-state index in [4.69, 9.17) is 23.4 Å². The van der Waals surface area contributed by atoms with Crippen molar-refractivity contribution in [3.63, 3.8) is 0 Å². The minimum atomic E-state index is -2.82. The van der Waals surface area contributed by atoms with Gasteiger partial charge in [0.15, 0.2) is 20.0 Å². The third-order valence-corrected chi connectivity index (χ3v) is 19.9. The van der Waals surface area contributed by atoms with E-state index in [1.54, 1.807) is 109 Å². The molecule has 1 amide bonds. The summed E-state index contributed by atoms with van der Waals surface area (Å²) in [4.78, 5) is 71.8. The zero-order chi connectivity index (χ0) is 47.5. The van der Waals surface area contributed by atoms with E-state index in [0.29, 0.717) is 22.3 Å². The number of aliphatic hydroxyl groups is 2. The highest BCUT2D eigenvalue weighted by atomic mass is 28.4. The summed E-state index contributed by atoms with van der Waals surface area (Å²) in [6.45, 7) is 23.1. The number of rotatable bonds is 11.